The van der Waals surface area contributed by atoms with Crippen molar-refractivity contribution < 1.29 is 0 Å². The van der Waals surface area contributed by atoms with Crippen molar-refractivity contribution >= 4 is 0 Å². The Hall–Kier alpha value is -0.120. The van der Waals surface area contributed by atoms with Crippen LogP contribution in [0.5, 0.6) is 0 Å². The molecule has 3 nitrogen and oxygen atoms in total. The first-order chi connectivity index (χ1) is 9.23. The van der Waals surface area contributed by atoms with Crippen LogP contribution in [0.4, 0.5) is 0 Å². The molecule has 0 radical (unpaired) electrons. The molecule has 3 heteroatoms. The smallest absolute Gasteiger partial charge is 0.0218 e. The summed E-state index contributed by atoms with van der Waals surface area (Å²) < 4.78 is 0. The molecule has 0 heterocycles. The van der Waals surface area contributed by atoms with Gasteiger partial charge in [0.25, 0.3) is 0 Å². The Balaban J connectivity index is 4.00. The minimum absolute atomic E-state index is 0.591. The highest BCUT2D eigenvalue weighted by molar-refractivity contribution is 4.72. The van der Waals surface area contributed by atoms with Crippen LogP contribution in [0.3, 0.4) is 0 Å². The zero-order valence-corrected chi connectivity index (χ0v) is 13.8. The topological polar surface area (TPSA) is 32.5 Å². The van der Waals surface area contributed by atoms with Crippen LogP contribution < -0.4 is 5.73 Å². The summed E-state index contributed by atoms with van der Waals surface area (Å²) in [6, 6.07) is 0.591. The summed E-state index contributed by atoms with van der Waals surface area (Å²) in [5.41, 5.74) is 5.96. The minimum atomic E-state index is 0.591. The summed E-state index contributed by atoms with van der Waals surface area (Å²) in [7, 11) is 0. The molecule has 0 saturated heterocycles. The van der Waals surface area contributed by atoms with Crippen molar-refractivity contribution in [3.8, 4) is 0 Å². The monoisotopic (exact) mass is 271 g/mol. The van der Waals surface area contributed by atoms with Crippen LogP contribution in [0.25, 0.3) is 0 Å². The van der Waals surface area contributed by atoms with Gasteiger partial charge in [-0.15, -0.1) is 0 Å². The second-order valence-electron chi connectivity index (χ2n) is 5.39. The first kappa shape index (κ1) is 18.9. The van der Waals surface area contributed by atoms with E-state index >= 15 is 0 Å². The maximum absolute atomic E-state index is 5.96. The van der Waals surface area contributed by atoms with Gasteiger partial charge in [-0.25, -0.2) is 0 Å². The lowest BCUT2D eigenvalue weighted by atomic mass is 10.1. The van der Waals surface area contributed by atoms with E-state index in [0.29, 0.717) is 6.04 Å². The molecule has 0 aliphatic carbocycles. The van der Waals surface area contributed by atoms with Gasteiger partial charge in [0.1, 0.15) is 0 Å². The van der Waals surface area contributed by atoms with Crippen LogP contribution in [0, 0.1) is 0 Å². The number of unbranched alkanes of at least 4 members (excludes halogenated alkanes) is 2. The number of likely N-dealkylation sites (N-methyl/N-ethyl adjacent to an activating group) is 1. The van der Waals surface area contributed by atoms with E-state index in [4.69, 9.17) is 5.73 Å². The summed E-state index contributed by atoms with van der Waals surface area (Å²) in [6.45, 7) is 15.7. The second kappa shape index (κ2) is 12.9. The molecule has 0 amide bonds. The van der Waals surface area contributed by atoms with E-state index in [-0.39, 0.29) is 0 Å². The van der Waals surface area contributed by atoms with Crippen LogP contribution >= 0.6 is 0 Å². The normalized spacial score (nSPS) is 13.4. The largest absolute Gasteiger partial charge is 0.329 e. The van der Waals surface area contributed by atoms with Gasteiger partial charge in [-0.2, -0.15) is 0 Å². The van der Waals surface area contributed by atoms with Gasteiger partial charge in [-0.3, -0.25) is 4.90 Å². The fourth-order valence-corrected chi connectivity index (χ4v) is 2.72. The molecule has 19 heavy (non-hydrogen) atoms. The van der Waals surface area contributed by atoms with Gasteiger partial charge in [0.05, 0.1) is 0 Å². The van der Waals surface area contributed by atoms with E-state index in [1.807, 2.05) is 0 Å². The fraction of sp³-hybridized carbons (Fsp3) is 1.00. The third-order valence-corrected chi connectivity index (χ3v) is 4.15. The van der Waals surface area contributed by atoms with Gasteiger partial charge in [0.15, 0.2) is 0 Å². The fourth-order valence-electron chi connectivity index (χ4n) is 2.72. The van der Waals surface area contributed by atoms with Crippen LogP contribution in [0.15, 0.2) is 0 Å². The Labute approximate surface area is 121 Å². The average Bonchev–Trinajstić information content (AvgIpc) is 2.45. The molecular formula is C16H37N3. The quantitative estimate of drug-likeness (QED) is 0.523. The van der Waals surface area contributed by atoms with E-state index < -0.39 is 0 Å². The molecule has 0 fully saturated rings. The lowest BCUT2D eigenvalue weighted by Gasteiger charge is -2.30. The van der Waals surface area contributed by atoms with Gasteiger partial charge in [-0.05, 0) is 45.6 Å². The van der Waals surface area contributed by atoms with E-state index in [0.717, 1.165) is 13.1 Å². The molecule has 0 aromatic carbocycles. The van der Waals surface area contributed by atoms with Gasteiger partial charge in [0.2, 0.25) is 0 Å². The molecule has 1 atom stereocenters. The van der Waals surface area contributed by atoms with Crippen LogP contribution in [-0.2, 0) is 0 Å². The molecule has 1 unspecified atom stereocenters. The number of nitrogens with zero attached hydrogens (tertiary/aromatic N) is 2. The summed E-state index contributed by atoms with van der Waals surface area (Å²) in [4.78, 5) is 5.08. The molecule has 0 aliphatic heterocycles. The Morgan fingerprint density at radius 3 is 2.00 bits per heavy atom. The third kappa shape index (κ3) is 8.61. The highest BCUT2D eigenvalue weighted by atomic mass is 15.2. The molecule has 0 aliphatic rings. The van der Waals surface area contributed by atoms with Crippen LogP contribution in [0.2, 0.25) is 0 Å². The maximum atomic E-state index is 5.96. The molecule has 2 N–H and O–H groups in total. The molecular weight excluding hydrogens is 234 g/mol. The second-order valence-corrected chi connectivity index (χ2v) is 5.39. The predicted octanol–water partition coefficient (Wildman–Crippen LogP) is 2.95. The van der Waals surface area contributed by atoms with Gasteiger partial charge in [-0.1, -0.05) is 47.0 Å². The lowest BCUT2D eigenvalue weighted by Crippen LogP contribution is -2.42. The number of rotatable bonds is 13. The summed E-state index contributed by atoms with van der Waals surface area (Å²) in [5.74, 6) is 0. The maximum Gasteiger partial charge on any atom is 0.0218 e. The summed E-state index contributed by atoms with van der Waals surface area (Å²) in [5, 5.41) is 0. The number of hydrogen-bond acceptors (Lipinski definition) is 3. The van der Waals surface area contributed by atoms with Crippen molar-refractivity contribution in [1.29, 1.82) is 0 Å². The van der Waals surface area contributed by atoms with Crippen molar-refractivity contribution in [2.45, 2.75) is 65.8 Å². The first-order valence-electron chi connectivity index (χ1n) is 8.39. The Morgan fingerprint density at radius 1 is 0.842 bits per heavy atom. The van der Waals surface area contributed by atoms with Gasteiger partial charge >= 0.3 is 0 Å². The lowest BCUT2D eigenvalue weighted by molar-refractivity contribution is 0.182. The molecule has 116 valence electrons. The zero-order chi connectivity index (χ0) is 14.5. The van der Waals surface area contributed by atoms with E-state index in [9.17, 15) is 0 Å². The third-order valence-electron chi connectivity index (χ3n) is 4.15. The summed E-state index contributed by atoms with van der Waals surface area (Å²) in [6.07, 6.45) is 6.49. The average molecular weight is 271 g/mol. The number of hydrogen-bond donors (Lipinski definition) is 1. The van der Waals surface area contributed by atoms with E-state index in [2.05, 4.69) is 37.5 Å². The molecule has 0 aromatic heterocycles. The van der Waals surface area contributed by atoms with Crippen LogP contribution in [-0.4, -0.2) is 55.1 Å². The Morgan fingerprint density at radius 2 is 1.53 bits per heavy atom. The van der Waals surface area contributed by atoms with Crippen LogP contribution in [0.1, 0.15) is 59.8 Å². The van der Waals surface area contributed by atoms with Crippen molar-refractivity contribution in [3.63, 3.8) is 0 Å². The standard InChI is InChI=1S/C16H37N3/c1-5-9-10-12-16(15-17)19(8-4)14-11-13-18(6-2)7-3/h16H,5-15,17H2,1-4H3. The number of nitrogens with two attached hydrogens (primary N) is 1. The Kier molecular flexibility index (Phi) is 12.8. The molecule has 0 rings (SSSR count). The molecule has 0 aromatic rings. The van der Waals surface area contributed by atoms with Crippen molar-refractivity contribution in [3.05, 3.63) is 0 Å². The Bertz CT molecular complexity index is 181. The van der Waals surface area contributed by atoms with Crippen molar-refractivity contribution in [2.24, 2.45) is 5.73 Å². The van der Waals surface area contributed by atoms with Crippen molar-refractivity contribution in [2.75, 3.05) is 39.3 Å². The minimum Gasteiger partial charge on any atom is -0.329 e. The van der Waals surface area contributed by atoms with Gasteiger partial charge in [0, 0.05) is 12.6 Å². The van der Waals surface area contributed by atoms with Crippen molar-refractivity contribution in [1.82, 2.24) is 9.80 Å². The SMILES string of the molecule is CCCCCC(CN)N(CC)CCCN(CC)CC. The molecule has 0 saturated carbocycles. The van der Waals surface area contributed by atoms with Gasteiger partial charge < -0.3 is 10.6 Å². The zero-order valence-electron chi connectivity index (χ0n) is 13.8. The van der Waals surface area contributed by atoms with E-state index in [1.165, 1.54) is 58.3 Å². The molecule has 0 bridgehead atoms. The highest BCUT2D eigenvalue weighted by Crippen LogP contribution is 2.10. The predicted molar refractivity (Wildman–Crippen MR) is 86.6 cm³/mol. The first-order valence-corrected chi connectivity index (χ1v) is 8.39. The highest BCUT2D eigenvalue weighted by Gasteiger charge is 2.14. The van der Waals surface area contributed by atoms with E-state index in [1.54, 1.807) is 0 Å². The summed E-state index contributed by atoms with van der Waals surface area (Å²) >= 11 is 0. The molecule has 0 spiro atoms.